The predicted molar refractivity (Wildman–Crippen MR) is 105 cm³/mol. The van der Waals surface area contributed by atoms with Crippen molar-refractivity contribution in [3.8, 4) is 5.75 Å². The molecule has 1 amide bonds. The first-order valence-corrected chi connectivity index (χ1v) is 9.28. The summed E-state index contributed by atoms with van der Waals surface area (Å²) in [5.41, 5.74) is 0.117. The van der Waals surface area contributed by atoms with Crippen LogP contribution in [0.5, 0.6) is 5.75 Å². The van der Waals surface area contributed by atoms with Gasteiger partial charge in [-0.25, -0.2) is 8.78 Å². The minimum absolute atomic E-state index is 0.0840. The number of carbonyl (C=O) groups is 1. The van der Waals surface area contributed by atoms with Crippen LogP contribution in [0.3, 0.4) is 0 Å². The van der Waals surface area contributed by atoms with Crippen LogP contribution in [-0.4, -0.2) is 27.5 Å². The number of carbonyl (C=O) groups excluding carboxylic acids is 1. The molecule has 29 heavy (non-hydrogen) atoms. The first kappa shape index (κ1) is 20.7. The summed E-state index contributed by atoms with van der Waals surface area (Å²) in [7, 11) is 0. The number of rotatable bonds is 7. The lowest BCUT2D eigenvalue weighted by Gasteiger charge is -2.13. The Morgan fingerprint density at radius 2 is 1.97 bits per heavy atom. The van der Waals surface area contributed by atoms with Crippen molar-refractivity contribution in [2.24, 2.45) is 5.92 Å². The standard InChI is InChI=1S/C20H19ClF2N4O2/c1-12(2)11-29-18-7-6-14(21)8-13(18)10-27-24-9-17(26-27)20(28)25-19-15(22)4-3-5-16(19)23/h3-9,12H,10-11H2,1-2H3,(H,25,28). The maximum absolute atomic E-state index is 13.7. The Kier molecular flexibility index (Phi) is 6.43. The van der Waals surface area contributed by atoms with E-state index < -0.39 is 23.2 Å². The van der Waals surface area contributed by atoms with Gasteiger partial charge in [0.2, 0.25) is 0 Å². The van der Waals surface area contributed by atoms with Crippen molar-refractivity contribution in [2.45, 2.75) is 20.4 Å². The predicted octanol–water partition coefficient (Wildman–Crippen LogP) is 4.55. The molecule has 1 aromatic heterocycles. The van der Waals surface area contributed by atoms with Gasteiger partial charge in [-0.3, -0.25) is 4.79 Å². The van der Waals surface area contributed by atoms with Crippen LogP contribution in [0.4, 0.5) is 14.5 Å². The Balaban J connectivity index is 1.75. The summed E-state index contributed by atoms with van der Waals surface area (Å²) in [5, 5.41) is 10.8. The zero-order valence-electron chi connectivity index (χ0n) is 15.8. The van der Waals surface area contributed by atoms with Gasteiger partial charge in [-0.1, -0.05) is 31.5 Å². The minimum Gasteiger partial charge on any atom is -0.493 e. The molecule has 0 unspecified atom stereocenters. The number of nitrogens with one attached hydrogen (secondary N) is 1. The number of hydrogen-bond donors (Lipinski definition) is 1. The molecule has 1 heterocycles. The minimum atomic E-state index is -0.878. The summed E-state index contributed by atoms with van der Waals surface area (Å²) < 4.78 is 33.2. The first-order chi connectivity index (χ1) is 13.8. The smallest absolute Gasteiger partial charge is 0.278 e. The van der Waals surface area contributed by atoms with E-state index in [0.717, 1.165) is 17.7 Å². The van der Waals surface area contributed by atoms with Gasteiger partial charge >= 0.3 is 0 Å². The highest BCUT2D eigenvalue weighted by molar-refractivity contribution is 6.30. The van der Waals surface area contributed by atoms with Crippen LogP contribution in [-0.2, 0) is 6.54 Å². The number of aromatic nitrogens is 3. The van der Waals surface area contributed by atoms with Gasteiger partial charge in [0.15, 0.2) is 5.69 Å². The highest BCUT2D eigenvalue weighted by Gasteiger charge is 2.17. The van der Waals surface area contributed by atoms with Crippen LogP contribution in [0.25, 0.3) is 0 Å². The quantitative estimate of drug-likeness (QED) is 0.609. The zero-order chi connectivity index (χ0) is 21.0. The lowest BCUT2D eigenvalue weighted by molar-refractivity contribution is 0.102. The number of anilines is 1. The Labute approximate surface area is 171 Å². The Hall–Kier alpha value is -3.00. The number of hydrogen-bond acceptors (Lipinski definition) is 4. The molecule has 0 saturated carbocycles. The average Bonchev–Trinajstić information content (AvgIpc) is 3.12. The molecular weight excluding hydrogens is 402 g/mol. The molecular formula is C20H19ClF2N4O2. The van der Waals surface area contributed by atoms with Crippen molar-refractivity contribution in [1.29, 1.82) is 0 Å². The molecule has 3 aromatic rings. The van der Waals surface area contributed by atoms with E-state index in [2.05, 4.69) is 15.5 Å². The van der Waals surface area contributed by atoms with Crippen LogP contribution >= 0.6 is 11.6 Å². The SMILES string of the molecule is CC(C)COc1ccc(Cl)cc1Cn1ncc(C(=O)Nc2c(F)cccc2F)n1. The van der Waals surface area contributed by atoms with Crippen molar-refractivity contribution in [1.82, 2.24) is 15.0 Å². The number of ether oxygens (including phenoxy) is 1. The molecule has 2 aromatic carbocycles. The van der Waals surface area contributed by atoms with Crippen molar-refractivity contribution in [3.63, 3.8) is 0 Å². The lowest BCUT2D eigenvalue weighted by Crippen LogP contribution is -2.16. The summed E-state index contributed by atoms with van der Waals surface area (Å²) in [6.45, 7) is 4.81. The zero-order valence-corrected chi connectivity index (χ0v) is 16.6. The fraction of sp³-hybridized carbons (Fsp3) is 0.250. The number of halogens is 3. The summed E-state index contributed by atoms with van der Waals surface area (Å²) in [5.74, 6) is -1.55. The number of benzene rings is 2. The second-order valence-electron chi connectivity index (χ2n) is 6.77. The fourth-order valence-electron chi connectivity index (χ4n) is 2.49. The van der Waals surface area contributed by atoms with Gasteiger partial charge in [0.25, 0.3) is 5.91 Å². The Morgan fingerprint density at radius 3 is 2.66 bits per heavy atom. The molecule has 1 N–H and O–H groups in total. The summed E-state index contributed by atoms with van der Waals surface area (Å²) >= 11 is 6.08. The molecule has 9 heteroatoms. The highest BCUT2D eigenvalue weighted by Crippen LogP contribution is 2.24. The number of amides is 1. The van der Waals surface area contributed by atoms with Crippen molar-refractivity contribution < 1.29 is 18.3 Å². The van der Waals surface area contributed by atoms with Crippen LogP contribution < -0.4 is 10.1 Å². The van der Waals surface area contributed by atoms with E-state index in [1.807, 2.05) is 13.8 Å². The maximum atomic E-state index is 13.7. The molecule has 0 aliphatic heterocycles. The summed E-state index contributed by atoms with van der Waals surface area (Å²) in [6.07, 6.45) is 1.22. The third-order valence-corrected chi connectivity index (χ3v) is 4.11. The van der Waals surface area contributed by atoms with E-state index in [1.165, 1.54) is 17.1 Å². The number of para-hydroxylation sites is 1. The summed E-state index contributed by atoms with van der Waals surface area (Å²) in [4.78, 5) is 13.6. The molecule has 152 valence electrons. The second kappa shape index (κ2) is 9.00. The van der Waals surface area contributed by atoms with Crippen molar-refractivity contribution in [3.05, 3.63) is 70.5 Å². The van der Waals surface area contributed by atoms with Crippen LogP contribution in [0.15, 0.2) is 42.6 Å². The number of nitrogens with zero attached hydrogens (tertiary/aromatic N) is 3. The van der Waals surface area contributed by atoms with E-state index >= 15 is 0 Å². The third-order valence-electron chi connectivity index (χ3n) is 3.88. The van der Waals surface area contributed by atoms with Gasteiger partial charge in [-0.15, -0.1) is 5.10 Å². The molecule has 6 nitrogen and oxygen atoms in total. The average molecular weight is 421 g/mol. The molecule has 0 saturated heterocycles. The van der Waals surface area contributed by atoms with Crippen LogP contribution in [0.2, 0.25) is 5.02 Å². The van der Waals surface area contributed by atoms with Gasteiger partial charge in [0.1, 0.15) is 23.1 Å². The molecule has 0 aliphatic rings. The second-order valence-corrected chi connectivity index (χ2v) is 7.20. The normalized spacial score (nSPS) is 11.0. The highest BCUT2D eigenvalue weighted by atomic mass is 35.5. The molecule has 0 atom stereocenters. The van der Waals surface area contributed by atoms with Crippen molar-refractivity contribution >= 4 is 23.2 Å². The molecule has 0 bridgehead atoms. The van der Waals surface area contributed by atoms with Gasteiger partial charge in [0, 0.05) is 10.6 Å². The maximum Gasteiger partial charge on any atom is 0.278 e. The lowest BCUT2D eigenvalue weighted by atomic mass is 10.2. The topological polar surface area (TPSA) is 69.0 Å². The molecule has 0 aliphatic carbocycles. The van der Waals surface area contributed by atoms with E-state index in [9.17, 15) is 13.6 Å². The van der Waals surface area contributed by atoms with Gasteiger partial charge < -0.3 is 10.1 Å². The molecule has 0 fully saturated rings. The van der Waals surface area contributed by atoms with E-state index in [1.54, 1.807) is 18.2 Å². The van der Waals surface area contributed by atoms with Crippen LogP contribution in [0.1, 0.15) is 29.9 Å². The van der Waals surface area contributed by atoms with E-state index in [0.29, 0.717) is 23.3 Å². The molecule has 0 radical (unpaired) electrons. The monoisotopic (exact) mass is 420 g/mol. The van der Waals surface area contributed by atoms with E-state index in [-0.39, 0.29) is 12.2 Å². The Bertz CT molecular complexity index is 1000. The fourth-order valence-corrected chi connectivity index (χ4v) is 2.69. The largest absolute Gasteiger partial charge is 0.493 e. The van der Waals surface area contributed by atoms with Gasteiger partial charge in [-0.2, -0.15) is 9.90 Å². The van der Waals surface area contributed by atoms with Gasteiger partial charge in [-0.05, 0) is 36.2 Å². The third kappa shape index (κ3) is 5.29. The van der Waals surface area contributed by atoms with E-state index in [4.69, 9.17) is 16.3 Å². The summed E-state index contributed by atoms with van der Waals surface area (Å²) in [6, 6.07) is 8.52. The van der Waals surface area contributed by atoms with Gasteiger partial charge in [0.05, 0.1) is 19.3 Å². The first-order valence-electron chi connectivity index (χ1n) is 8.90. The van der Waals surface area contributed by atoms with Crippen LogP contribution in [0, 0.1) is 17.6 Å². The Morgan fingerprint density at radius 1 is 1.24 bits per heavy atom. The molecule has 0 spiro atoms. The van der Waals surface area contributed by atoms with Crippen molar-refractivity contribution in [2.75, 3.05) is 11.9 Å². The molecule has 3 rings (SSSR count).